The molecule has 0 fully saturated rings. The molecule has 2 amide bonds. The Balaban J connectivity index is 1.98. The monoisotopic (exact) mass is 526 g/mol. The molecule has 0 saturated carbocycles. The molecule has 188 valence electrons. The average molecular weight is 527 g/mol. The molecule has 3 aromatic carbocycles. The molecule has 0 bridgehead atoms. The molecule has 3 aromatic rings. The van der Waals surface area contributed by atoms with Crippen LogP contribution < -0.4 is 5.73 Å². The maximum absolute atomic E-state index is 13.9. The molecular weight excluding hydrogens is 499 g/mol. The summed E-state index contributed by atoms with van der Waals surface area (Å²) in [7, 11) is 0. The van der Waals surface area contributed by atoms with E-state index in [4.69, 9.17) is 28.9 Å². The summed E-state index contributed by atoms with van der Waals surface area (Å²) in [4.78, 5) is 39.1. The Morgan fingerprint density at radius 1 is 0.861 bits per heavy atom. The zero-order chi connectivity index (χ0) is 26.5. The van der Waals surface area contributed by atoms with E-state index in [1.807, 2.05) is 50.2 Å². The number of carbonyl (C=O) groups excluding carboxylic acids is 2. The Labute approximate surface area is 220 Å². The minimum atomic E-state index is -1.10. The van der Waals surface area contributed by atoms with E-state index in [9.17, 15) is 19.5 Å². The summed E-state index contributed by atoms with van der Waals surface area (Å²) in [6.07, 6.45) is 0.00282. The van der Waals surface area contributed by atoms with E-state index in [0.717, 1.165) is 16.7 Å². The number of primary amides is 1. The fourth-order valence-corrected chi connectivity index (χ4v) is 4.52. The van der Waals surface area contributed by atoms with Crippen molar-refractivity contribution in [2.75, 3.05) is 0 Å². The summed E-state index contributed by atoms with van der Waals surface area (Å²) in [5, 5.41) is 10.4. The second-order valence-corrected chi connectivity index (χ2v) is 10.1. The first-order chi connectivity index (χ1) is 17.0. The number of amides is 2. The van der Waals surface area contributed by atoms with Crippen molar-refractivity contribution in [1.29, 1.82) is 0 Å². The molecule has 0 aromatic heterocycles. The van der Waals surface area contributed by atoms with Gasteiger partial charge in [-0.2, -0.15) is 0 Å². The van der Waals surface area contributed by atoms with Crippen molar-refractivity contribution in [3.8, 4) is 11.1 Å². The van der Waals surface area contributed by atoms with Crippen molar-refractivity contribution in [2.45, 2.75) is 44.7 Å². The highest BCUT2D eigenvalue weighted by molar-refractivity contribution is 6.30. The first kappa shape index (κ1) is 27.2. The Kier molecular flexibility index (Phi) is 8.77. The summed E-state index contributed by atoms with van der Waals surface area (Å²) < 4.78 is 0. The number of carboxylic acid groups (broad SMARTS) is 1. The normalized spacial score (nSPS) is 12.1. The van der Waals surface area contributed by atoms with Crippen LogP contribution in [-0.4, -0.2) is 39.4 Å². The van der Waals surface area contributed by atoms with Gasteiger partial charge in [0.05, 0.1) is 0 Å². The van der Waals surface area contributed by atoms with Crippen molar-refractivity contribution < 1.29 is 19.5 Å². The summed E-state index contributed by atoms with van der Waals surface area (Å²) in [6, 6.07) is 20.5. The van der Waals surface area contributed by atoms with Crippen LogP contribution in [0.4, 0.5) is 0 Å². The first-order valence-electron chi connectivity index (χ1n) is 11.4. The lowest BCUT2D eigenvalue weighted by Crippen LogP contribution is -2.58. The zero-order valence-corrected chi connectivity index (χ0v) is 21.6. The lowest BCUT2D eigenvalue weighted by molar-refractivity contribution is -0.137. The molecule has 3 N–H and O–H groups in total. The van der Waals surface area contributed by atoms with Gasteiger partial charge in [0, 0.05) is 27.6 Å². The van der Waals surface area contributed by atoms with Gasteiger partial charge in [-0.3, -0.25) is 14.4 Å². The summed E-state index contributed by atoms with van der Waals surface area (Å²) in [6.45, 7) is 3.66. The number of benzene rings is 3. The molecule has 6 nitrogen and oxygen atoms in total. The number of carboxylic acids is 1. The Hall–Kier alpha value is -3.35. The van der Waals surface area contributed by atoms with Gasteiger partial charge in [0.25, 0.3) is 5.91 Å². The van der Waals surface area contributed by atoms with Crippen LogP contribution in [0.1, 0.15) is 42.6 Å². The fraction of sp³-hybridized carbons (Fsp3) is 0.250. The molecule has 1 atom stereocenters. The van der Waals surface area contributed by atoms with Gasteiger partial charge < -0.3 is 15.7 Å². The van der Waals surface area contributed by atoms with Crippen molar-refractivity contribution in [3.05, 3.63) is 94.0 Å². The third-order valence-electron chi connectivity index (χ3n) is 6.00. The minimum absolute atomic E-state index is 0.0939. The highest BCUT2D eigenvalue weighted by atomic mass is 35.5. The third kappa shape index (κ3) is 6.86. The summed E-state index contributed by atoms with van der Waals surface area (Å²) in [5.41, 5.74) is 7.93. The molecule has 8 heteroatoms. The SMILES string of the molecule is CC(C)(Cc1ccc(Cl)cc1)N(C(=O)c1ccc(-c2ccc(Cl)cc2)cc1)[C@@H](CCC(=O)O)C(N)=O. The number of halogens is 2. The van der Waals surface area contributed by atoms with Crippen LogP contribution in [-0.2, 0) is 16.0 Å². The lowest BCUT2D eigenvalue weighted by atomic mass is 9.89. The Morgan fingerprint density at radius 2 is 1.33 bits per heavy atom. The van der Waals surface area contributed by atoms with Crippen LogP contribution in [0.2, 0.25) is 10.0 Å². The number of nitrogens with two attached hydrogens (primary N) is 1. The maximum Gasteiger partial charge on any atom is 0.303 e. The van der Waals surface area contributed by atoms with E-state index in [-0.39, 0.29) is 12.8 Å². The number of hydrogen-bond donors (Lipinski definition) is 2. The predicted octanol–water partition coefficient (Wildman–Crippen LogP) is 5.84. The van der Waals surface area contributed by atoms with Gasteiger partial charge in [-0.05, 0) is 79.8 Å². The van der Waals surface area contributed by atoms with Crippen LogP contribution in [0.3, 0.4) is 0 Å². The second kappa shape index (κ2) is 11.6. The number of carbonyl (C=O) groups is 3. The van der Waals surface area contributed by atoms with Crippen molar-refractivity contribution >= 4 is 41.0 Å². The van der Waals surface area contributed by atoms with Gasteiger partial charge in [0.15, 0.2) is 0 Å². The molecule has 0 saturated heterocycles. The zero-order valence-electron chi connectivity index (χ0n) is 20.1. The van der Waals surface area contributed by atoms with Crippen molar-refractivity contribution in [3.63, 3.8) is 0 Å². The molecule has 0 heterocycles. The predicted molar refractivity (Wildman–Crippen MR) is 142 cm³/mol. The average Bonchev–Trinajstić information content (AvgIpc) is 2.83. The van der Waals surface area contributed by atoms with Gasteiger partial charge >= 0.3 is 5.97 Å². The van der Waals surface area contributed by atoms with E-state index in [2.05, 4.69) is 0 Å². The number of rotatable bonds is 10. The highest BCUT2D eigenvalue weighted by Gasteiger charge is 2.39. The second-order valence-electron chi connectivity index (χ2n) is 9.23. The Morgan fingerprint density at radius 3 is 1.81 bits per heavy atom. The highest BCUT2D eigenvalue weighted by Crippen LogP contribution is 2.29. The van der Waals surface area contributed by atoms with Crippen LogP contribution in [0.25, 0.3) is 11.1 Å². The van der Waals surface area contributed by atoms with Gasteiger partial charge in [0.2, 0.25) is 5.91 Å². The smallest absolute Gasteiger partial charge is 0.303 e. The topological polar surface area (TPSA) is 101 Å². The van der Waals surface area contributed by atoms with E-state index in [1.54, 1.807) is 36.4 Å². The van der Waals surface area contributed by atoms with Gasteiger partial charge in [0.1, 0.15) is 6.04 Å². The lowest BCUT2D eigenvalue weighted by Gasteiger charge is -2.43. The molecule has 0 aliphatic heterocycles. The van der Waals surface area contributed by atoms with E-state index in [0.29, 0.717) is 22.0 Å². The van der Waals surface area contributed by atoms with E-state index in [1.165, 1.54) is 4.90 Å². The molecule has 0 aliphatic carbocycles. The first-order valence-corrected chi connectivity index (χ1v) is 12.2. The summed E-state index contributed by atoms with van der Waals surface area (Å²) >= 11 is 12.0. The maximum atomic E-state index is 13.9. The number of hydrogen-bond acceptors (Lipinski definition) is 3. The number of nitrogens with zero attached hydrogens (tertiary/aromatic N) is 1. The minimum Gasteiger partial charge on any atom is -0.481 e. The quantitative estimate of drug-likeness (QED) is 0.346. The van der Waals surface area contributed by atoms with Crippen LogP contribution in [0.15, 0.2) is 72.8 Å². The van der Waals surface area contributed by atoms with E-state index < -0.39 is 29.4 Å². The van der Waals surface area contributed by atoms with Gasteiger partial charge in [-0.1, -0.05) is 59.6 Å². The van der Waals surface area contributed by atoms with Gasteiger partial charge in [-0.15, -0.1) is 0 Å². The Bertz CT molecular complexity index is 1220. The summed E-state index contributed by atoms with van der Waals surface area (Å²) in [5.74, 6) is -2.24. The molecule has 3 rings (SSSR count). The molecule has 0 radical (unpaired) electrons. The third-order valence-corrected chi connectivity index (χ3v) is 6.51. The van der Waals surface area contributed by atoms with Crippen LogP contribution >= 0.6 is 23.2 Å². The largest absolute Gasteiger partial charge is 0.481 e. The number of aliphatic carboxylic acids is 1. The molecule has 0 unspecified atom stereocenters. The standard InChI is InChI=1S/C28H28Cl2N2O4/c1-28(2,17-18-3-11-22(29)12-4-18)32(24(26(31)35)15-16-25(33)34)27(36)21-7-5-19(6-8-21)20-9-13-23(30)14-10-20/h3-14,24H,15-17H2,1-2H3,(H2,31,35)(H,33,34)/t24-/m0/s1. The van der Waals surface area contributed by atoms with Gasteiger partial charge in [-0.25, -0.2) is 0 Å². The van der Waals surface area contributed by atoms with E-state index >= 15 is 0 Å². The molecule has 0 aliphatic rings. The van der Waals surface area contributed by atoms with Crippen molar-refractivity contribution in [2.24, 2.45) is 5.73 Å². The molecule has 0 spiro atoms. The van der Waals surface area contributed by atoms with Crippen LogP contribution in [0, 0.1) is 0 Å². The van der Waals surface area contributed by atoms with Crippen molar-refractivity contribution in [1.82, 2.24) is 4.90 Å². The van der Waals surface area contributed by atoms with Crippen LogP contribution in [0.5, 0.6) is 0 Å². The molecule has 36 heavy (non-hydrogen) atoms. The fourth-order valence-electron chi connectivity index (χ4n) is 4.27. The molecular formula is C28H28Cl2N2O4.